The summed E-state index contributed by atoms with van der Waals surface area (Å²) in [5.41, 5.74) is 1.33. The second-order valence-electron chi connectivity index (χ2n) is 6.95. The predicted molar refractivity (Wildman–Crippen MR) is 107 cm³/mol. The number of aromatic nitrogens is 1. The molecule has 4 rings (SSSR count). The third-order valence-corrected chi connectivity index (χ3v) is 7.81. The van der Waals surface area contributed by atoms with Crippen molar-refractivity contribution in [2.75, 3.05) is 52.5 Å². The van der Waals surface area contributed by atoms with E-state index in [0.717, 1.165) is 10.9 Å². The number of fused-ring (bicyclic) bond motifs is 1. The Morgan fingerprint density at radius 1 is 1.00 bits per heavy atom. The second kappa shape index (κ2) is 7.64. The summed E-state index contributed by atoms with van der Waals surface area (Å²) >= 11 is 6.49. The minimum absolute atomic E-state index is 0.174. The largest absolute Gasteiger partial charge is 0.379 e. The van der Waals surface area contributed by atoms with Crippen LogP contribution in [0, 0.1) is 0 Å². The average Bonchev–Trinajstić information content (AvgIpc) is 2.99. The Morgan fingerprint density at radius 2 is 1.61 bits per heavy atom. The highest BCUT2D eigenvalue weighted by Gasteiger charge is 2.35. The summed E-state index contributed by atoms with van der Waals surface area (Å²) in [6, 6.07) is 7.60. The molecule has 0 aliphatic carbocycles. The first-order valence-electron chi connectivity index (χ1n) is 9.26. The molecule has 0 spiro atoms. The number of nitrogens with zero attached hydrogens (tertiary/aromatic N) is 4. The van der Waals surface area contributed by atoms with Gasteiger partial charge in [-0.25, -0.2) is 0 Å². The van der Waals surface area contributed by atoms with Crippen LogP contribution in [0.25, 0.3) is 10.9 Å². The lowest BCUT2D eigenvalue weighted by Crippen LogP contribution is -2.55. The number of benzene rings is 1. The molecule has 0 radical (unpaired) electrons. The van der Waals surface area contributed by atoms with E-state index < -0.39 is 10.2 Å². The highest BCUT2D eigenvalue weighted by molar-refractivity contribution is 7.86. The SMILES string of the molecule is Cn1c(C(=O)N2CCN(S(=O)(=O)N3CCOCC3)CC2)c(Cl)c2ccccc21. The van der Waals surface area contributed by atoms with Crippen LogP contribution in [0.4, 0.5) is 0 Å². The zero-order chi connectivity index (χ0) is 19.9. The summed E-state index contributed by atoms with van der Waals surface area (Å²) in [6.07, 6.45) is 0. The Hall–Kier alpha value is -1.65. The molecule has 0 N–H and O–H groups in total. The first-order valence-corrected chi connectivity index (χ1v) is 11.0. The standard InChI is InChI=1S/C18H23ClN4O4S/c1-20-15-5-3-2-4-14(15)16(19)17(20)18(24)21-6-8-22(9-7-21)28(25,26)23-10-12-27-13-11-23/h2-5H,6-13H2,1H3. The maximum atomic E-state index is 13.1. The van der Waals surface area contributed by atoms with Crippen molar-refractivity contribution in [1.29, 1.82) is 0 Å². The first kappa shape index (κ1) is 19.7. The predicted octanol–water partition coefficient (Wildman–Crippen LogP) is 1.17. The van der Waals surface area contributed by atoms with Crippen LogP contribution in [-0.4, -0.2) is 84.9 Å². The Kier molecular flexibility index (Phi) is 5.36. The van der Waals surface area contributed by atoms with Crippen LogP contribution in [0.3, 0.4) is 0 Å². The summed E-state index contributed by atoms with van der Waals surface area (Å²) in [4.78, 5) is 14.8. The van der Waals surface area contributed by atoms with Gasteiger partial charge in [-0.3, -0.25) is 4.79 Å². The normalized spacial score (nSPS) is 20.0. The molecule has 1 aromatic heterocycles. The Morgan fingerprint density at radius 3 is 2.25 bits per heavy atom. The molecule has 2 fully saturated rings. The number of ether oxygens (including phenoxy) is 1. The number of para-hydroxylation sites is 1. The van der Waals surface area contributed by atoms with Crippen molar-refractivity contribution in [2.24, 2.45) is 7.05 Å². The maximum absolute atomic E-state index is 13.1. The molecule has 1 aromatic carbocycles. The van der Waals surface area contributed by atoms with Crippen LogP contribution in [0.15, 0.2) is 24.3 Å². The molecule has 3 heterocycles. The quantitative estimate of drug-likeness (QED) is 0.738. The zero-order valence-electron chi connectivity index (χ0n) is 15.7. The highest BCUT2D eigenvalue weighted by atomic mass is 35.5. The van der Waals surface area contributed by atoms with Gasteiger partial charge in [0.25, 0.3) is 16.1 Å². The molecular weight excluding hydrogens is 404 g/mol. The Labute approximate surface area is 169 Å². The van der Waals surface area contributed by atoms with E-state index in [1.165, 1.54) is 8.61 Å². The lowest BCUT2D eigenvalue weighted by Gasteiger charge is -2.37. The number of halogens is 1. The number of aryl methyl sites for hydroxylation is 1. The van der Waals surface area contributed by atoms with Gasteiger partial charge >= 0.3 is 0 Å². The van der Waals surface area contributed by atoms with E-state index in [9.17, 15) is 13.2 Å². The van der Waals surface area contributed by atoms with Crippen LogP contribution in [-0.2, 0) is 22.0 Å². The van der Waals surface area contributed by atoms with E-state index in [2.05, 4.69) is 0 Å². The molecule has 10 heteroatoms. The molecule has 28 heavy (non-hydrogen) atoms. The monoisotopic (exact) mass is 426 g/mol. The number of rotatable bonds is 3. The van der Waals surface area contributed by atoms with Gasteiger partial charge in [0.2, 0.25) is 0 Å². The summed E-state index contributed by atoms with van der Waals surface area (Å²) in [5.74, 6) is -0.174. The van der Waals surface area contributed by atoms with Gasteiger partial charge in [-0.1, -0.05) is 29.8 Å². The summed E-state index contributed by atoms with van der Waals surface area (Å²) in [5, 5.41) is 1.27. The minimum Gasteiger partial charge on any atom is -0.379 e. The molecule has 0 bridgehead atoms. The maximum Gasteiger partial charge on any atom is 0.282 e. The van der Waals surface area contributed by atoms with Gasteiger partial charge in [0.1, 0.15) is 5.69 Å². The number of hydrogen-bond donors (Lipinski definition) is 0. The van der Waals surface area contributed by atoms with Crippen LogP contribution in [0.1, 0.15) is 10.5 Å². The number of carbonyl (C=O) groups excluding carboxylic acids is 1. The lowest BCUT2D eigenvalue weighted by atomic mass is 10.2. The van der Waals surface area contributed by atoms with Gasteiger partial charge < -0.3 is 14.2 Å². The summed E-state index contributed by atoms with van der Waals surface area (Å²) in [7, 11) is -1.70. The van der Waals surface area contributed by atoms with Gasteiger partial charge in [-0.15, -0.1) is 0 Å². The fourth-order valence-electron chi connectivity index (χ4n) is 3.80. The Balaban J connectivity index is 1.49. The molecule has 2 aliphatic rings. The fraction of sp³-hybridized carbons (Fsp3) is 0.500. The van der Waals surface area contributed by atoms with Gasteiger partial charge in [-0.05, 0) is 6.07 Å². The van der Waals surface area contributed by atoms with Gasteiger partial charge in [0.15, 0.2) is 0 Å². The van der Waals surface area contributed by atoms with Crippen molar-refractivity contribution in [3.63, 3.8) is 0 Å². The van der Waals surface area contributed by atoms with Crippen LogP contribution >= 0.6 is 11.6 Å². The average molecular weight is 427 g/mol. The van der Waals surface area contributed by atoms with E-state index in [1.54, 1.807) is 9.47 Å². The third kappa shape index (κ3) is 3.31. The summed E-state index contributed by atoms with van der Waals surface area (Å²) < 4.78 is 35.5. The topological polar surface area (TPSA) is 75.1 Å². The third-order valence-electron chi connectivity index (χ3n) is 5.40. The molecule has 2 aliphatic heterocycles. The fourth-order valence-corrected chi connectivity index (χ4v) is 5.73. The van der Waals surface area contributed by atoms with Gasteiger partial charge in [0, 0.05) is 57.2 Å². The van der Waals surface area contributed by atoms with Crippen molar-refractivity contribution in [3.05, 3.63) is 35.0 Å². The van der Waals surface area contributed by atoms with E-state index >= 15 is 0 Å². The molecule has 8 nitrogen and oxygen atoms in total. The number of morpholine rings is 1. The van der Waals surface area contributed by atoms with E-state index in [0.29, 0.717) is 50.1 Å². The van der Waals surface area contributed by atoms with E-state index in [1.807, 2.05) is 31.3 Å². The van der Waals surface area contributed by atoms with Crippen molar-refractivity contribution in [1.82, 2.24) is 18.1 Å². The zero-order valence-corrected chi connectivity index (χ0v) is 17.2. The lowest BCUT2D eigenvalue weighted by molar-refractivity contribution is 0.0632. The van der Waals surface area contributed by atoms with Gasteiger partial charge in [0.05, 0.1) is 18.2 Å². The smallest absolute Gasteiger partial charge is 0.282 e. The molecule has 1 amide bonds. The van der Waals surface area contributed by atoms with Crippen molar-refractivity contribution >= 4 is 38.6 Å². The minimum atomic E-state index is -3.52. The molecule has 2 aromatic rings. The number of hydrogen-bond acceptors (Lipinski definition) is 4. The second-order valence-corrected chi connectivity index (χ2v) is 9.26. The van der Waals surface area contributed by atoms with Crippen LogP contribution in [0.2, 0.25) is 5.02 Å². The van der Waals surface area contributed by atoms with Crippen molar-refractivity contribution in [2.45, 2.75) is 0 Å². The van der Waals surface area contributed by atoms with Crippen molar-refractivity contribution in [3.8, 4) is 0 Å². The van der Waals surface area contributed by atoms with Crippen molar-refractivity contribution < 1.29 is 17.9 Å². The molecular formula is C18H23ClN4O4S. The first-order chi connectivity index (χ1) is 13.4. The molecule has 0 saturated carbocycles. The molecule has 152 valence electrons. The molecule has 0 unspecified atom stereocenters. The number of amides is 1. The summed E-state index contributed by atoms with van der Waals surface area (Å²) in [6.45, 7) is 2.77. The number of carbonyl (C=O) groups is 1. The highest BCUT2D eigenvalue weighted by Crippen LogP contribution is 2.31. The van der Waals surface area contributed by atoms with Gasteiger partial charge in [-0.2, -0.15) is 17.0 Å². The van der Waals surface area contributed by atoms with Crippen LogP contribution < -0.4 is 0 Å². The molecule has 0 atom stereocenters. The van der Waals surface area contributed by atoms with Crippen LogP contribution in [0.5, 0.6) is 0 Å². The number of piperazine rings is 1. The van der Waals surface area contributed by atoms with E-state index in [-0.39, 0.29) is 19.0 Å². The Bertz CT molecular complexity index is 953. The molecule has 2 saturated heterocycles. The van der Waals surface area contributed by atoms with E-state index in [4.69, 9.17) is 16.3 Å².